The van der Waals surface area contributed by atoms with Gasteiger partial charge in [-0.2, -0.15) is 0 Å². The number of nitrogens with one attached hydrogen (secondary N) is 1. The molecule has 1 aliphatic carbocycles. The summed E-state index contributed by atoms with van der Waals surface area (Å²) in [6.45, 7) is 0. The van der Waals surface area contributed by atoms with Crippen LogP contribution in [0.15, 0.2) is 5.38 Å². The van der Waals surface area contributed by atoms with Crippen LogP contribution in [-0.4, -0.2) is 26.0 Å². The van der Waals surface area contributed by atoms with Crippen molar-refractivity contribution in [2.24, 2.45) is 5.73 Å². The summed E-state index contributed by atoms with van der Waals surface area (Å²) in [4.78, 5) is 12.5. The van der Waals surface area contributed by atoms with Crippen LogP contribution >= 0.6 is 23.8 Å². The first-order chi connectivity index (χ1) is 9.14. The zero-order valence-electron chi connectivity index (χ0n) is 10.7. The summed E-state index contributed by atoms with van der Waals surface area (Å²) >= 11 is 6.37. The molecule has 19 heavy (non-hydrogen) atoms. The number of thiocarbonyl (C=S) groups is 1. The van der Waals surface area contributed by atoms with E-state index in [1.54, 1.807) is 5.38 Å². The van der Waals surface area contributed by atoms with Gasteiger partial charge in [0.05, 0.1) is 10.5 Å². The predicted octanol–water partition coefficient (Wildman–Crippen LogP) is 2.04. The minimum Gasteiger partial charge on any atom is -0.391 e. The molecule has 0 atom stereocenters. The van der Waals surface area contributed by atoms with Gasteiger partial charge in [0, 0.05) is 5.38 Å². The molecular weight excluding hydrogens is 280 g/mol. The highest BCUT2D eigenvalue weighted by Gasteiger charge is 2.35. The van der Waals surface area contributed by atoms with Gasteiger partial charge in [0.15, 0.2) is 5.69 Å². The predicted molar refractivity (Wildman–Crippen MR) is 79.2 cm³/mol. The van der Waals surface area contributed by atoms with Crippen molar-refractivity contribution in [1.82, 2.24) is 14.9 Å². The van der Waals surface area contributed by atoms with Crippen LogP contribution in [0.3, 0.4) is 0 Å². The van der Waals surface area contributed by atoms with Crippen LogP contribution in [0, 0.1) is 0 Å². The van der Waals surface area contributed by atoms with Crippen molar-refractivity contribution in [3.63, 3.8) is 0 Å². The first-order valence-corrected chi connectivity index (χ1v) is 7.78. The normalized spacial score (nSPS) is 19.2. The lowest BCUT2D eigenvalue weighted by Gasteiger charge is -2.35. The van der Waals surface area contributed by atoms with Crippen molar-refractivity contribution in [3.8, 4) is 0 Å². The number of carbonyl (C=O) groups is 1. The molecule has 0 spiro atoms. The third kappa shape index (κ3) is 3.48. The quantitative estimate of drug-likeness (QED) is 0.835. The fraction of sp³-hybridized carbons (Fsp3) is 0.667. The lowest BCUT2D eigenvalue weighted by atomic mass is 9.83. The number of nitrogens with two attached hydrogens (primary N) is 1. The molecule has 1 amide bonds. The first-order valence-electron chi connectivity index (χ1n) is 6.53. The van der Waals surface area contributed by atoms with Gasteiger partial charge in [-0.15, -0.1) is 5.10 Å². The standard InChI is InChI=1S/C12H18N4OS2/c13-11(18)12(6-4-2-1-3-5-7-12)14-10(17)9-8-19-16-15-9/h8H,1-7H2,(H2,13,18)(H,14,17). The zero-order chi connectivity index (χ0) is 13.7. The summed E-state index contributed by atoms with van der Waals surface area (Å²) in [6, 6.07) is 0. The highest BCUT2D eigenvalue weighted by molar-refractivity contribution is 7.80. The number of hydrogen-bond acceptors (Lipinski definition) is 5. The highest BCUT2D eigenvalue weighted by Crippen LogP contribution is 2.27. The van der Waals surface area contributed by atoms with Crippen molar-refractivity contribution < 1.29 is 4.79 Å². The Morgan fingerprint density at radius 3 is 2.47 bits per heavy atom. The van der Waals surface area contributed by atoms with Crippen molar-refractivity contribution in [2.45, 2.75) is 50.5 Å². The third-order valence-electron chi connectivity index (χ3n) is 3.62. The van der Waals surface area contributed by atoms with Gasteiger partial charge in [0.25, 0.3) is 5.91 Å². The highest BCUT2D eigenvalue weighted by atomic mass is 32.1. The average Bonchev–Trinajstić information content (AvgIpc) is 2.86. The molecule has 1 heterocycles. The number of rotatable bonds is 3. The van der Waals surface area contributed by atoms with Crippen LogP contribution in [-0.2, 0) is 0 Å². The van der Waals surface area contributed by atoms with E-state index in [1.165, 1.54) is 19.3 Å². The van der Waals surface area contributed by atoms with Gasteiger partial charge in [0.2, 0.25) is 0 Å². The lowest BCUT2D eigenvalue weighted by Crippen LogP contribution is -2.57. The summed E-state index contributed by atoms with van der Waals surface area (Å²) in [5.41, 5.74) is 5.68. The molecule has 7 heteroatoms. The van der Waals surface area contributed by atoms with Crippen LogP contribution < -0.4 is 11.1 Å². The van der Waals surface area contributed by atoms with Crippen LogP contribution in [0.1, 0.15) is 55.4 Å². The maximum absolute atomic E-state index is 12.2. The Kier molecular flexibility index (Phi) is 4.81. The van der Waals surface area contributed by atoms with Crippen molar-refractivity contribution >= 4 is 34.6 Å². The summed E-state index contributed by atoms with van der Waals surface area (Å²) in [5.74, 6) is -0.234. The molecule has 1 saturated carbocycles. The summed E-state index contributed by atoms with van der Waals surface area (Å²) in [7, 11) is 0. The Balaban J connectivity index is 2.13. The number of aromatic nitrogens is 2. The molecule has 0 radical (unpaired) electrons. The zero-order valence-corrected chi connectivity index (χ0v) is 12.4. The number of nitrogens with zero attached hydrogens (tertiary/aromatic N) is 2. The summed E-state index contributed by atoms with van der Waals surface area (Å²) < 4.78 is 3.70. The molecule has 1 aromatic heterocycles. The van der Waals surface area contributed by atoms with E-state index in [2.05, 4.69) is 14.9 Å². The SMILES string of the molecule is NC(=S)C1(NC(=O)c2csnn2)CCCCCCC1. The summed E-state index contributed by atoms with van der Waals surface area (Å²) in [5, 5.41) is 8.42. The van der Waals surface area contributed by atoms with E-state index in [9.17, 15) is 4.79 Å². The fourth-order valence-electron chi connectivity index (χ4n) is 2.49. The average molecular weight is 298 g/mol. The van der Waals surface area contributed by atoms with Crippen LogP contribution in [0.4, 0.5) is 0 Å². The molecule has 1 fully saturated rings. The Bertz CT molecular complexity index is 439. The van der Waals surface area contributed by atoms with E-state index in [0.29, 0.717) is 10.7 Å². The number of amides is 1. The molecular formula is C12H18N4OS2. The van der Waals surface area contributed by atoms with E-state index < -0.39 is 5.54 Å². The van der Waals surface area contributed by atoms with E-state index >= 15 is 0 Å². The minimum absolute atomic E-state index is 0.234. The monoisotopic (exact) mass is 298 g/mol. The largest absolute Gasteiger partial charge is 0.391 e. The topological polar surface area (TPSA) is 80.9 Å². The molecule has 0 aromatic carbocycles. The number of carbonyl (C=O) groups excluding carboxylic acids is 1. The second-order valence-corrected chi connectivity index (χ2v) is 6.01. The molecule has 0 saturated heterocycles. The van der Waals surface area contributed by atoms with Gasteiger partial charge in [-0.1, -0.05) is 48.8 Å². The van der Waals surface area contributed by atoms with Gasteiger partial charge in [0.1, 0.15) is 0 Å². The van der Waals surface area contributed by atoms with Crippen molar-refractivity contribution in [3.05, 3.63) is 11.1 Å². The molecule has 0 unspecified atom stereocenters. The Hall–Kier alpha value is -1.08. The Labute approximate surface area is 122 Å². The van der Waals surface area contributed by atoms with E-state index in [-0.39, 0.29) is 5.91 Å². The van der Waals surface area contributed by atoms with Gasteiger partial charge < -0.3 is 11.1 Å². The Morgan fingerprint density at radius 2 is 1.95 bits per heavy atom. The number of hydrogen-bond donors (Lipinski definition) is 2. The second kappa shape index (κ2) is 6.38. The van der Waals surface area contributed by atoms with Gasteiger partial charge >= 0.3 is 0 Å². The molecule has 1 aliphatic rings. The van der Waals surface area contributed by atoms with E-state index in [1.807, 2.05) is 0 Å². The smallest absolute Gasteiger partial charge is 0.273 e. The molecule has 5 nitrogen and oxygen atoms in total. The lowest BCUT2D eigenvalue weighted by molar-refractivity contribution is 0.0907. The van der Waals surface area contributed by atoms with Crippen LogP contribution in [0.5, 0.6) is 0 Å². The van der Waals surface area contributed by atoms with Gasteiger partial charge in [-0.25, -0.2) is 0 Å². The molecule has 0 bridgehead atoms. The molecule has 104 valence electrons. The molecule has 2 rings (SSSR count). The first kappa shape index (κ1) is 14.3. The molecule has 3 N–H and O–H groups in total. The van der Waals surface area contributed by atoms with Crippen molar-refractivity contribution in [1.29, 1.82) is 0 Å². The van der Waals surface area contributed by atoms with Crippen LogP contribution in [0.25, 0.3) is 0 Å². The van der Waals surface area contributed by atoms with E-state index in [4.69, 9.17) is 18.0 Å². The second-order valence-electron chi connectivity index (χ2n) is 4.96. The molecule has 0 aliphatic heterocycles. The third-order valence-corrected chi connectivity index (χ3v) is 4.52. The van der Waals surface area contributed by atoms with Crippen molar-refractivity contribution in [2.75, 3.05) is 0 Å². The fourth-order valence-corrected chi connectivity index (χ4v) is 3.18. The maximum Gasteiger partial charge on any atom is 0.273 e. The van der Waals surface area contributed by atoms with E-state index in [0.717, 1.165) is 37.2 Å². The summed E-state index contributed by atoms with van der Waals surface area (Å²) in [6.07, 6.45) is 7.27. The van der Waals surface area contributed by atoms with Gasteiger partial charge in [-0.05, 0) is 24.4 Å². The Morgan fingerprint density at radius 1 is 1.32 bits per heavy atom. The van der Waals surface area contributed by atoms with Crippen LogP contribution in [0.2, 0.25) is 0 Å². The maximum atomic E-state index is 12.2. The molecule has 1 aromatic rings. The van der Waals surface area contributed by atoms with Gasteiger partial charge in [-0.3, -0.25) is 4.79 Å². The minimum atomic E-state index is -0.559.